The van der Waals surface area contributed by atoms with E-state index in [1.54, 1.807) is 12.1 Å². The number of nitro benzene ring substituents is 1. The van der Waals surface area contributed by atoms with Gasteiger partial charge in [-0.1, -0.05) is 182 Å². The quantitative estimate of drug-likeness (QED) is 0.0380. The molecule has 0 radical (unpaired) electrons. The Kier molecular flexibility index (Phi) is 15.3. The van der Waals surface area contributed by atoms with E-state index in [1.807, 2.05) is 13.8 Å². The van der Waals surface area contributed by atoms with Gasteiger partial charge in [-0.2, -0.15) is 9.15 Å². The van der Waals surface area contributed by atoms with E-state index < -0.39 is 8.24 Å². The second-order valence-electron chi connectivity index (χ2n) is 25.1. The summed E-state index contributed by atoms with van der Waals surface area (Å²) < 4.78 is 18.7. The maximum absolute atomic E-state index is 10.9. The van der Waals surface area contributed by atoms with Gasteiger partial charge in [0.2, 0.25) is 38.0 Å². The summed E-state index contributed by atoms with van der Waals surface area (Å²) in [5.74, 6) is 0. The highest BCUT2D eigenvalue weighted by molar-refractivity contribution is 7.06. The highest BCUT2D eigenvalue weighted by Crippen LogP contribution is 2.39. The van der Waals surface area contributed by atoms with Crippen molar-refractivity contribution >= 4 is 109 Å². The van der Waals surface area contributed by atoms with Crippen LogP contribution in [0.15, 0.2) is 261 Å². The molecule has 18 rings (SSSR count). The molecule has 14 aromatic rings. The Bertz CT molecular complexity index is 5310. The van der Waals surface area contributed by atoms with E-state index in [0.29, 0.717) is 0 Å². The molecule has 0 unspecified atom stereocenters. The molecular formula is C82H73N9O2Si+4. The van der Waals surface area contributed by atoms with E-state index in [-0.39, 0.29) is 10.6 Å². The Balaban J connectivity index is 0.000000112. The van der Waals surface area contributed by atoms with Crippen LogP contribution in [0.4, 0.5) is 17.1 Å². The molecule has 4 aromatic heterocycles. The minimum absolute atomic E-state index is 0.152. The van der Waals surface area contributed by atoms with Crippen LogP contribution >= 0.6 is 0 Å². The summed E-state index contributed by atoms with van der Waals surface area (Å²) in [5, 5.41) is 25.5. The topological polar surface area (TPSA) is 74.9 Å². The van der Waals surface area contributed by atoms with Gasteiger partial charge in [0.25, 0.3) is 5.69 Å². The molecule has 12 heteroatoms. The lowest BCUT2D eigenvalue weighted by molar-refractivity contribution is -0.518. The molecule has 8 heterocycles. The van der Waals surface area contributed by atoms with Crippen LogP contribution in [-0.4, -0.2) is 81.3 Å². The number of hydrogen-bond donors (Lipinski definition) is 0. The van der Waals surface area contributed by atoms with Gasteiger partial charge < -0.3 is 0 Å². The van der Waals surface area contributed by atoms with Crippen LogP contribution in [0.1, 0.15) is 51.0 Å². The normalized spacial score (nSPS) is 13.4. The zero-order chi connectivity index (χ0) is 64.2. The molecule has 0 spiro atoms. The first-order chi connectivity index (χ1) is 45.9. The van der Waals surface area contributed by atoms with Gasteiger partial charge in [-0.05, 0) is 133 Å². The molecule has 0 saturated carbocycles. The predicted molar refractivity (Wildman–Crippen MR) is 387 cm³/mol. The molecule has 458 valence electrons. The van der Waals surface area contributed by atoms with Crippen molar-refractivity contribution in [3.05, 3.63) is 322 Å². The Morgan fingerprint density at radius 1 is 0.383 bits per heavy atom. The van der Waals surface area contributed by atoms with Gasteiger partial charge in [0.05, 0.1) is 16.0 Å². The predicted octanol–water partition coefficient (Wildman–Crippen LogP) is 15.3. The summed E-state index contributed by atoms with van der Waals surface area (Å²) in [5.41, 5.74) is 15.7. The molecule has 0 amide bonds. The summed E-state index contributed by atoms with van der Waals surface area (Å²) in [6.45, 7) is 13.7. The van der Waals surface area contributed by atoms with E-state index >= 15 is 0 Å². The lowest BCUT2D eigenvalue weighted by Crippen LogP contribution is -2.74. The molecule has 94 heavy (non-hydrogen) atoms. The molecule has 4 aliphatic rings. The van der Waals surface area contributed by atoms with Crippen molar-refractivity contribution in [2.75, 3.05) is 7.05 Å². The van der Waals surface area contributed by atoms with Gasteiger partial charge in [-0.15, -0.1) is 0 Å². The maximum atomic E-state index is 10.9. The third-order valence-corrected chi connectivity index (χ3v) is 23.9. The van der Waals surface area contributed by atoms with Gasteiger partial charge >= 0.3 is 8.24 Å². The number of nitrogens with zero attached hydrogens (tertiary/aromatic N) is 9. The first-order valence-corrected chi connectivity index (χ1v) is 34.2. The van der Waals surface area contributed by atoms with Crippen LogP contribution < -0.4 is 15.6 Å². The molecule has 11 nitrogen and oxygen atoms in total. The van der Waals surface area contributed by atoms with Gasteiger partial charge in [-0.3, -0.25) is 32.6 Å². The zero-order valence-corrected chi connectivity index (χ0v) is 54.8. The summed E-state index contributed by atoms with van der Waals surface area (Å²) in [4.78, 5) is 10.6. The van der Waals surface area contributed by atoms with Crippen molar-refractivity contribution in [3.8, 4) is 11.3 Å². The molecule has 0 atom stereocenters. The number of benzene rings is 10. The average molecular weight is 1240 g/mol. The average Bonchev–Trinajstić information content (AvgIpc) is 1.43. The Morgan fingerprint density at radius 2 is 0.798 bits per heavy atom. The van der Waals surface area contributed by atoms with Crippen molar-refractivity contribution in [2.24, 2.45) is 0 Å². The maximum Gasteiger partial charge on any atom is 0.458 e. The molecule has 0 saturated heterocycles. The number of rotatable bonds is 8. The zero-order valence-electron chi connectivity index (χ0n) is 53.8. The fraction of sp³-hybridized carbons (Fsp3) is 0.122. The van der Waals surface area contributed by atoms with E-state index in [0.717, 1.165) is 43.5 Å². The number of fused-ring (bicyclic) bond motifs is 10. The van der Waals surface area contributed by atoms with E-state index in [4.69, 9.17) is 0 Å². The van der Waals surface area contributed by atoms with Gasteiger partial charge in [0, 0.05) is 67.5 Å². The molecule has 0 aliphatic carbocycles. The molecule has 4 aliphatic heterocycles. The second-order valence-corrected chi connectivity index (χ2v) is 28.9. The number of hydrogen-bond acceptors (Lipinski definition) is 2. The molecule has 0 fully saturated rings. The number of aryl methyl sites for hydroxylation is 5. The monoisotopic (exact) mass is 1240 g/mol. The summed E-state index contributed by atoms with van der Waals surface area (Å²) >= 11 is 0. The van der Waals surface area contributed by atoms with Crippen molar-refractivity contribution in [1.82, 2.24) is 18.3 Å². The van der Waals surface area contributed by atoms with Crippen molar-refractivity contribution in [3.63, 3.8) is 0 Å². The Labute approximate surface area is 548 Å². The van der Waals surface area contributed by atoms with Crippen molar-refractivity contribution < 1.29 is 22.9 Å². The number of nitro groups is 1. The summed E-state index contributed by atoms with van der Waals surface area (Å²) in [6, 6.07) is 93.6. The van der Waals surface area contributed by atoms with Crippen molar-refractivity contribution in [1.29, 1.82) is 0 Å². The molecule has 0 N–H and O–H groups in total. The minimum Gasteiger partial charge on any atom is -0.286 e. The van der Waals surface area contributed by atoms with Crippen LogP contribution in [0.2, 0.25) is 0 Å². The van der Waals surface area contributed by atoms with E-state index in [2.05, 4.69) is 338 Å². The molecule has 10 aromatic carbocycles. The third-order valence-electron chi connectivity index (χ3n) is 19.3. The Morgan fingerprint density at radius 3 is 1.33 bits per heavy atom. The van der Waals surface area contributed by atoms with Crippen LogP contribution in [-0.2, 0) is 26.7 Å². The van der Waals surface area contributed by atoms with Gasteiger partial charge in [-0.25, -0.2) is 4.58 Å². The molecule has 0 bridgehead atoms. The van der Waals surface area contributed by atoms with E-state index in [1.165, 1.54) is 115 Å². The third kappa shape index (κ3) is 10.5. The van der Waals surface area contributed by atoms with Gasteiger partial charge in [0.1, 0.15) is 29.8 Å². The van der Waals surface area contributed by atoms with E-state index in [9.17, 15) is 10.1 Å². The summed E-state index contributed by atoms with van der Waals surface area (Å²) in [7, 11) is -0.329. The lowest BCUT2D eigenvalue weighted by Gasteiger charge is -2.27. The van der Waals surface area contributed by atoms with Crippen LogP contribution in [0.25, 0.3) is 54.3 Å². The minimum atomic E-state index is -2.42. The SMILES string of the molecule is C1=[N+](c2cc3ccccc3c3ccccc23)Cn2c1ccc2-c1cc2ccccc2c2ccccc12.Cc1cc([N+](=O)[O-])cc(C)c1[N+]1=Cc2ccc(C)n2C1.Cc1ccc2n1C[N+](C)=C2.Cc1ccc2n1C[N+]([Si](c1ccccc1)(c1ccccc1)c1ccccc1)=C2. The smallest absolute Gasteiger partial charge is 0.286 e. The second kappa shape index (κ2) is 24.4. The number of non-ortho nitro benzene ring substituents is 1. The van der Waals surface area contributed by atoms with Crippen LogP contribution in [0.3, 0.4) is 0 Å². The largest absolute Gasteiger partial charge is 0.458 e. The van der Waals surface area contributed by atoms with Crippen molar-refractivity contribution in [2.45, 2.75) is 61.3 Å². The Hall–Kier alpha value is -11.3. The summed E-state index contributed by atoms with van der Waals surface area (Å²) in [6.07, 6.45) is 8.91. The first-order valence-electron chi connectivity index (χ1n) is 32.2. The number of aromatic nitrogens is 4. The fourth-order valence-electron chi connectivity index (χ4n) is 14.8. The first kappa shape index (κ1) is 59.0. The lowest BCUT2D eigenvalue weighted by atomic mass is 9.96. The van der Waals surface area contributed by atoms with Gasteiger partial charge in [0.15, 0.2) is 24.9 Å². The highest BCUT2D eigenvalue weighted by atomic mass is 28.3. The van der Waals surface area contributed by atoms with Crippen LogP contribution in [0, 0.1) is 44.7 Å². The fourth-order valence-corrected chi connectivity index (χ4v) is 19.5. The highest BCUT2D eigenvalue weighted by Gasteiger charge is 2.55. The molecular weight excluding hydrogens is 1170 g/mol. The standard InChI is InChI=1S/C34H23N2.C25H23N2Si.C15H16N3O2.C8H11N2/c1-3-11-26-23(9-1)19-32(30-15-6-5-13-28(26)30)33-18-17-25-21-35(22-36(25)33)34-20-24-10-2-4-12-27(24)29-14-7-8-16-31(29)34;1-21-17-18-22-19-26(20-27(21)22)28(23-11-5-2-6-12-23,24-13-7-3-8-14-24)25-15-9-4-10-16-25;1-10-6-14(18(19)20)7-11(2)15(10)16-8-13-5-4-12(3)17(13)9-16;1-7-3-4-8-5-9(2)6-10(7)8/h1-21H,22H2;2-19H,20H2,1H3;4-8H,9H2,1-3H3;3-5H,6H2,1-2H3/q4*+1. The van der Waals surface area contributed by atoms with Crippen LogP contribution in [0.5, 0.6) is 0 Å².